The van der Waals surface area contributed by atoms with Crippen LogP contribution in [0.1, 0.15) is 35.4 Å². The van der Waals surface area contributed by atoms with Gasteiger partial charge in [0.2, 0.25) is 5.91 Å². The fourth-order valence-corrected chi connectivity index (χ4v) is 4.22. The Bertz CT molecular complexity index is 924. The van der Waals surface area contributed by atoms with Crippen LogP contribution >= 0.6 is 11.6 Å². The molecule has 2 saturated heterocycles. The molecule has 2 amide bonds. The molecule has 2 aliphatic heterocycles. The van der Waals surface area contributed by atoms with Gasteiger partial charge in [0.1, 0.15) is 0 Å². The van der Waals surface area contributed by atoms with Gasteiger partial charge in [-0.3, -0.25) is 14.5 Å². The van der Waals surface area contributed by atoms with E-state index in [0.717, 1.165) is 38.9 Å². The average Bonchev–Trinajstić information content (AvgIpc) is 3.34. The second-order valence-corrected chi connectivity index (χ2v) is 8.35. The lowest BCUT2D eigenvalue weighted by atomic mass is 10.3. The Kier molecular flexibility index (Phi) is 6.34. The van der Waals surface area contributed by atoms with E-state index < -0.39 is 0 Å². The predicted molar refractivity (Wildman–Crippen MR) is 114 cm³/mol. The van der Waals surface area contributed by atoms with Crippen LogP contribution in [-0.4, -0.2) is 87.3 Å². The van der Waals surface area contributed by atoms with Crippen molar-refractivity contribution >= 4 is 23.4 Å². The van der Waals surface area contributed by atoms with Crippen molar-refractivity contribution in [3.8, 4) is 5.69 Å². The minimum Gasteiger partial charge on any atom is -0.342 e. The molecule has 9 heteroatoms. The highest BCUT2D eigenvalue weighted by atomic mass is 35.5. The topological polar surface area (TPSA) is 74.6 Å². The number of halogens is 1. The van der Waals surface area contributed by atoms with E-state index in [4.69, 9.17) is 11.6 Å². The van der Waals surface area contributed by atoms with Crippen molar-refractivity contribution < 1.29 is 9.59 Å². The van der Waals surface area contributed by atoms with Crippen LogP contribution in [0.25, 0.3) is 5.69 Å². The van der Waals surface area contributed by atoms with E-state index in [9.17, 15) is 9.59 Å². The Labute approximate surface area is 181 Å². The molecule has 3 heterocycles. The standard InChI is InChI=1S/C21H27ClN6O2/c1-16-20(24-28(23-16)18-7-4-6-17(22)14-18)21(30)27-11-5-8-25(12-13-27)15-19(29)26-9-2-3-10-26/h4,6-7,14H,2-3,5,8-13,15H2,1H3. The Morgan fingerprint density at radius 3 is 2.50 bits per heavy atom. The first kappa shape index (κ1) is 20.8. The number of hydrogen-bond acceptors (Lipinski definition) is 5. The Morgan fingerprint density at radius 2 is 1.73 bits per heavy atom. The van der Waals surface area contributed by atoms with E-state index in [1.165, 1.54) is 4.80 Å². The van der Waals surface area contributed by atoms with Crippen LogP contribution in [-0.2, 0) is 4.79 Å². The first-order valence-corrected chi connectivity index (χ1v) is 10.9. The number of aryl methyl sites for hydroxylation is 1. The summed E-state index contributed by atoms with van der Waals surface area (Å²) in [5.41, 5.74) is 1.66. The first-order valence-electron chi connectivity index (χ1n) is 10.5. The molecule has 160 valence electrons. The number of rotatable bonds is 4. The number of carbonyl (C=O) groups is 2. The summed E-state index contributed by atoms with van der Waals surface area (Å²) in [5.74, 6) is 0.0843. The average molecular weight is 431 g/mol. The fourth-order valence-electron chi connectivity index (χ4n) is 4.03. The number of carbonyl (C=O) groups excluding carboxylic acids is 2. The van der Waals surface area contributed by atoms with Crippen molar-refractivity contribution in [2.24, 2.45) is 0 Å². The van der Waals surface area contributed by atoms with Crippen molar-refractivity contribution in [2.45, 2.75) is 26.2 Å². The lowest BCUT2D eigenvalue weighted by Gasteiger charge is -2.23. The molecule has 4 rings (SSSR count). The Morgan fingerprint density at radius 1 is 0.967 bits per heavy atom. The zero-order chi connectivity index (χ0) is 21.1. The van der Waals surface area contributed by atoms with Crippen molar-refractivity contribution in [2.75, 3.05) is 45.8 Å². The number of likely N-dealkylation sites (tertiary alicyclic amines) is 1. The summed E-state index contributed by atoms with van der Waals surface area (Å²) >= 11 is 6.06. The molecule has 2 aliphatic rings. The smallest absolute Gasteiger partial charge is 0.276 e. The van der Waals surface area contributed by atoms with Gasteiger partial charge in [-0.15, -0.1) is 5.10 Å². The Balaban J connectivity index is 1.40. The quantitative estimate of drug-likeness (QED) is 0.741. The van der Waals surface area contributed by atoms with Crippen LogP contribution in [0.2, 0.25) is 5.02 Å². The highest BCUT2D eigenvalue weighted by molar-refractivity contribution is 6.30. The molecule has 0 unspecified atom stereocenters. The van der Waals surface area contributed by atoms with Crippen LogP contribution in [0.4, 0.5) is 0 Å². The molecule has 2 aromatic rings. The van der Waals surface area contributed by atoms with Crippen molar-refractivity contribution in [1.29, 1.82) is 0 Å². The summed E-state index contributed by atoms with van der Waals surface area (Å²) in [6.45, 7) is 6.71. The minimum absolute atomic E-state index is 0.117. The largest absolute Gasteiger partial charge is 0.342 e. The fraction of sp³-hybridized carbons (Fsp3) is 0.524. The number of hydrogen-bond donors (Lipinski definition) is 0. The number of amides is 2. The summed E-state index contributed by atoms with van der Waals surface area (Å²) in [6, 6.07) is 7.22. The normalized spacial score (nSPS) is 17.9. The molecular weight excluding hydrogens is 404 g/mol. The van der Waals surface area contributed by atoms with Crippen molar-refractivity contribution in [1.82, 2.24) is 29.7 Å². The molecule has 2 fully saturated rings. The molecule has 0 saturated carbocycles. The van der Waals surface area contributed by atoms with E-state index >= 15 is 0 Å². The zero-order valence-corrected chi connectivity index (χ0v) is 18.0. The molecule has 0 spiro atoms. The van der Waals surface area contributed by atoms with Crippen LogP contribution in [0.5, 0.6) is 0 Å². The van der Waals surface area contributed by atoms with E-state index in [0.29, 0.717) is 48.3 Å². The molecule has 1 aromatic carbocycles. The second kappa shape index (κ2) is 9.14. The second-order valence-electron chi connectivity index (χ2n) is 7.91. The van der Waals surface area contributed by atoms with Gasteiger partial charge >= 0.3 is 0 Å². The molecule has 0 N–H and O–H groups in total. The molecule has 0 bridgehead atoms. The highest BCUT2D eigenvalue weighted by Gasteiger charge is 2.26. The van der Waals surface area contributed by atoms with Gasteiger partial charge in [-0.25, -0.2) is 0 Å². The maximum atomic E-state index is 13.1. The maximum absolute atomic E-state index is 13.1. The third-order valence-corrected chi connectivity index (χ3v) is 5.95. The molecule has 1 aromatic heterocycles. The summed E-state index contributed by atoms with van der Waals surface area (Å²) in [4.78, 5) is 32.9. The summed E-state index contributed by atoms with van der Waals surface area (Å²) < 4.78 is 0. The van der Waals surface area contributed by atoms with Crippen LogP contribution in [0.3, 0.4) is 0 Å². The SMILES string of the molecule is Cc1nn(-c2cccc(Cl)c2)nc1C(=O)N1CCCN(CC(=O)N2CCCC2)CC1. The number of benzene rings is 1. The summed E-state index contributed by atoms with van der Waals surface area (Å²) in [6.07, 6.45) is 3.03. The highest BCUT2D eigenvalue weighted by Crippen LogP contribution is 2.16. The zero-order valence-electron chi connectivity index (χ0n) is 17.3. The molecular formula is C21H27ClN6O2. The Hall–Kier alpha value is -2.45. The number of aromatic nitrogens is 3. The van der Waals surface area contributed by atoms with Gasteiger partial charge in [0.15, 0.2) is 5.69 Å². The lowest BCUT2D eigenvalue weighted by molar-refractivity contribution is -0.131. The molecule has 0 aliphatic carbocycles. The van der Waals surface area contributed by atoms with E-state index in [1.807, 2.05) is 21.9 Å². The van der Waals surface area contributed by atoms with Crippen LogP contribution in [0, 0.1) is 6.92 Å². The van der Waals surface area contributed by atoms with Crippen molar-refractivity contribution in [3.05, 3.63) is 40.7 Å². The molecule has 0 atom stereocenters. The predicted octanol–water partition coefficient (Wildman–Crippen LogP) is 2.00. The van der Waals surface area contributed by atoms with Gasteiger partial charge < -0.3 is 9.80 Å². The maximum Gasteiger partial charge on any atom is 0.276 e. The van der Waals surface area contributed by atoms with Gasteiger partial charge in [0.25, 0.3) is 5.91 Å². The van der Waals surface area contributed by atoms with Gasteiger partial charge in [-0.05, 0) is 44.4 Å². The summed E-state index contributed by atoms with van der Waals surface area (Å²) in [7, 11) is 0. The number of nitrogens with zero attached hydrogens (tertiary/aromatic N) is 6. The van der Waals surface area contributed by atoms with Gasteiger partial charge in [0, 0.05) is 44.3 Å². The van der Waals surface area contributed by atoms with Crippen LogP contribution in [0.15, 0.2) is 24.3 Å². The lowest BCUT2D eigenvalue weighted by Crippen LogP contribution is -2.41. The summed E-state index contributed by atoms with van der Waals surface area (Å²) in [5, 5.41) is 9.42. The van der Waals surface area contributed by atoms with Crippen LogP contribution < -0.4 is 0 Å². The van der Waals surface area contributed by atoms with Gasteiger partial charge in [-0.1, -0.05) is 17.7 Å². The third kappa shape index (κ3) is 4.65. The van der Waals surface area contributed by atoms with Gasteiger partial charge in [0.05, 0.1) is 17.9 Å². The first-order chi connectivity index (χ1) is 14.5. The van der Waals surface area contributed by atoms with Gasteiger partial charge in [-0.2, -0.15) is 9.90 Å². The monoisotopic (exact) mass is 430 g/mol. The molecule has 8 nitrogen and oxygen atoms in total. The molecule has 0 radical (unpaired) electrons. The molecule has 30 heavy (non-hydrogen) atoms. The minimum atomic E-state index is -0.117. The van der Waals surface area contributed by atoms with E-state index in [1.54, 1.807) is 19.1 Å². The van der Waals surface area contributed by atoms with E-state index in [-0.39, 0.29) is 11.8 Å². The van der Waals surface area contributed by atoms with Crippen molar-refractivity contribution in [3.63, 3.8) is 0 Å². The van der Waals surface area contributed by atoms with E-state index in [2.05, 4.69) is 15.1 Å². The third-order valence-electron chi connectivity index (χ3n) is 5.72.